The van der Waals surface area contributed by atoms with E-state index in [-0.39, 0.29) is 11.8 Å². The molecule has 3 atom stereocenters. The highest BCUT2D eigenvalue weighted by Crippen LogP contribution is 2.26. The fourth-order valence-electron chi connectivity index (χ4n) is 4.31. The van der Waals surface area contributed by atoms with Crippen LogP contribution in [-0.4, -0.2) is 53.2 Å². The summed E-state index contributed by atoms with van der Waals surface area (Å²) >= 11 is 0. The Kier molecular flexibility index (Phi) is 7.26. The van der Waals surface area contributed by atoms with Gasteiger partial charge in [-0.1, -0.05) is 26.7 Å². The predicted molar refractivity (Wildman–Crippen MR) is 96.5 cm³/mol. The number of nitrogens with two attached hydrogens (primary N) is 1. The molecule has 0 bridgehead atoms. The van der Waals surface area contributed by atoms with E-state index in [9.17, 15) is 14.4 Å². The van der Waals surface area contributed by atoms with Crippen LogP contribution < -0.4 is 5.73 Å². The number of hydrogen-bond donors (Lipinski definition) is 1. The van der Waals surface area contributed by atoms with Gasteiger partial charge in [0.15, 0.2) is 0 Å². The van der Waals surface area contributed by atoms with Crippen molar-refractivity contribution in [3.05, 3.63) is 0 Å². The molecule has 0 aromatic rings. The van der Waals surface area contributed by atoms with Crippen LogP contribution >= 0.6 is 0 Å². The minimum Gasteiger partial charge on any atom is -0.368 e. The molecule has 3 amide bonds. The highest BCUT2D eigenvalue weighted by Gasteiger charge is 2.36. The summed E-state index contributed by atoms with van der Waals surface area (Å²) in [5.74, 6) is 0.646. The van der Waals surface area contributed by atoms with E-state index in [0.29, 0.717) is 50.6 Å². The van der Waals surface area contributed by atoms with E-state index >= 15 is 0 Å². The van der Waals surface area contributed by atoms with E-state index in [2.05, 4.69) is 13.8 Å². The number of likely N-dealkylation sites (tertiary alicyclic amines) is 2. The van der Waals surface area contributed by atoms with E-state index in [1.54, 1.807) is 4.90 Å². The largest absolute Gasteiger partial charge is 0.368 e. The number of carbonyl (C=O) groups excluding carboxylic acids is 3. The summed E-state index contributed by atoms with van der Waals surface area (Å²) in [5, 5.41) is 0. The normalized spacial score (nSPS) is 25.0. The average Bonchev–Trinajstić information content (AvgIpc) is 3.07. The van der Waals surface area contributed by atoms with Gasteiger partial charge in [0.2, 0.25) is 17.7 Å². The van der Waals surface area contributed by atoms with Gasteiger partial charge in [-0.05, 0) is 37.5 Å². The zero-order valence-electron chi connectivity index (χ0n) is 15.7. The maximum atomic E-state index is 12.2. The minimum absolute atomic E-state index is 0.0440. The molecule has 2 aliphatic rings. The second kappa shape index (κ2) is 9.20. The summed E-state index contributed by atoms with van der Waals surface area (Å²) in [6.07, 6.45) is 6.68. The Morgan fingerprint density at radius 2 is 1.68 bits per heavy atom. The van der Waals surface area contributed by atoms with E-state index < -0.39 is 11.9 Å². The third-order valence-corrected chi connectivity index (χ3v) is 5.54. The van der Waals surface area contributed by atoms with Crippen molar-refractivity contribution in [2.75, 3.05) is 19.6 Å². The Balaban J connectivity index is 1.83. The van der Waals surface area contributed by atoms with Crippen molar-refractivity contribution in [2.45, 2.75) is 71.3 Å². The van der Waals surface area contributed by atoms with Crippen molar-refractivity contribution in [2.24, 2.45) is 17.6 Å². The summed E-state index contributed by atoms with van der Waals surface area (Å²) in [5.41, 5.74) is 5.57. The molecule has 0 aromatic carbocycles. The Bertz CT molecular complexity index is 494. The maximum Gasteiger partial charge on any atom is 0.240 e. The zero-order chi connectivity index (χ0) is 18.4. The van der Waals surface area contributed by atoms with Crippen LogP contribution in [0.4, 0.5) is 0 Å². The number of rotatable bonds is 10. The van der Waals surface area contributed by atoms with Crippen LogP contribution in [0.5, 0.6) is 0 Å². The Labute approximate surface area is 151 Å². The lowest BCUT2D eigenvalue weighted by molar-refractivity contribution is -0.136. The van der Waals surface area contributed by atoms with Crippen LogP contribution in [0.3, 0.4) is 0 Å². The van der Waals surface area contributed by atoms with Crippen molar-refractivity contribution in [1.82, 2.24) is 9.80 Å². The summed E-state index contributed by atoms with van der Waals surface area (Å²) in [6, 6.07) is -0.529. The number of primary amides is 1. The quantitative estimate of drug-likeness (QED) is 0.652. The van der Waals surface area contributed by atoms with Crippen LogP contribution in [0, 0.1) is 11.8 Å². The molecule has 2 aliphatic heterocycles. The molecule has 3 unspecified atom stereocenters. The van der Waals surface area contributed by atoms with Crippen molar-refractivity contribution in [3.8, 4) is 0 Å². The monoisotopic (exact) mass is 351 g/mol. The van der Waals surface area contributed by atoms with Gasteiger partial charge in [-0.25, -0.2) is 0 Å². The molecule has 0 spiro atoms. The highest BCUT2D eigenvalue weighted by molar-refractivity contribution is 5.87. The van der Waals surface area contributed by atoms with Gasteiger partial charge in [0.1, 0.15) is 6.04 Å². The molecule has 2 N–H and O–H groups in total. The third-order valence-electron chi connectivity index (χ3n) is 5.54. The number of carbonyl (C=O) groups is 3. The van der Waals surface area contributed by atoms with Gasteiger partial charge in [-0.3, -0.25) is 14.4 Å². The van der Waals surface area contributed by atoms with Gasteiger partial charge in [0.05, 0.1) is 0 Å². The first-order valence-corrected chi connectivity index (χ1v) is 9.82. The van der Waals surface area contributed by atoms with Crippen molar-refractivity contribution >= 4 is 17.7 Å². The molecule has 2 rings (SSSR count). The van der Waals surface area contributed by atoms with Crippen LogP contribution in [-0.2, 0) is 14.4 Å². The first-order chi connectivity index (χ1) is 12.0. The lowest BCUT2D eigenvalue weighted by atomic mass is 10.0. The molecular formula is C19H33N3O3. The molecule has 0 aromatic heterocycles. The molecule has 0 radical (unpaired) electrons. The molecule has 0 saturated carbocycles. The van der Waals surface area contributed by atoms with Crippen molar-refractivity contribution in [1.29, 1.82) is 0 Å². The fraction of sp³-hybridized carbons (Fsp3) is 0.842. The lowest BCUT2D eigenvalue weighted by Crippen LogP contribution is -2.46. The van der Waals surface area contributed by atoms with Gasteiger partial charge in [-0.15, -0.1) is 0 Å². The maximum absolute atomic E-state index is 12.2. The van der Waals surface area contributed by atoms with Gasteiger partial charge in [0.25, 0.3) is 0 Å². The van der Waals surface area contributed by atoms with E-state index in [1.807, 2.05) is 4.90 Å². The molecule has 2 fully saturated rings. The zero-order valence-corrected chi connectivity index (χ0v) is 15.7. The molecule has 2 heterocycles. The van der Waals surface area contributed by atoms with Crippen LogP contribution in [0.15, 0.2) is 0 Å². The average molecular weight is 351 g/mol. The van der Waals surface area contributed by atoms with Gasteiger partial charge in [-0.2, -0.15) is 0 Å². The van der Waals surface area contributed by atoms with Crippen LogP contribution in [0.25, 0.3) is 0 Å². The molecule has 142 valence electrons. The van der Waals surface area contributed by atoms with Crippen LogP contribution in [0.2, 0.25) is 0 Å². The van der Waals surface area contributed by atoms with Gasteiger partial charge < -0.3 is 15.5 Å². The van der Waals surface area contributed by atoms with Gasteiger partial charge >= 0.3 is 0 Å². The third kappa shape index (κ3) is 5.19. The smallest absolute Gasteiger partial charge is 0.240 e. The predicted octanol–water partition coefficient (Wildman–Crippen LogP) is 1.92. The molecule has 6 heteroatoms. The summed E-state index contributed by atoms with van der Waals surface area (Å²) < 4.78 is 0. The molecule has 2 saturated heterocycles. The van der Waals surface area contributed by atoms with Crippen molar-refractivity contribution in [3.63, 3.8) is 0 Å². The van der Waals surface area contributed by atoms with E-state index in [1.165, 1.54) is 0 Å². The Morgan fingerprint density at radius 1 is 1.08 bits per heavy atom. The molecular weight excluding hydrogens is 318 g/mol. The van der Waals surface area contributed by atoms with Gasteiger partial charge in [0, 0.05) is 32.5 Å². The highest BCUT2D eigenvalue weighted by atomic mass is 16.2. The summed E-state index contributed by atoms with van der Waals surface area (Å²) in [7, 11) is 0. The van der Waals surface area contributed by atoms with Crippen molar-refractivity contribution < 1.29 is 14.4 Å². The Hall–Kier alpha value is -1.59. The van der Waals surface area contributed by atoms with E-state index in [4.69, 9.17) is 5.73 Å². The second-order valence-electron chi connectivity index (χ2n) is 7.66. The number of nitrogens with zero attached hydrogens (tertiary/aromatic N) is 2. The molecule has 0 aliphatic carbocycles. The Morgan fingerprint density at radius 3 is 2.28 bits per heavy atom. The topological polar surface area (TPSA) is 83.7 Å². The summed E-state index contributed by atoms with van der Waals surface area (Å²) in [4.78, 5) is 39.8. The molecule has 6 nitrogen and oxygen atoms in total. The summed E-state index contributed by atoms with van der Waals surface area (Å²) in [6.45, 7) is 6.38. The minimum atomic E-state index is -0.529. The molecule has 25 heavy (non-hydrogen) atoms. The standard InChI is InChI=1S/C19H33N3O3/c1-3-6-14-10-17(23)21(12-14)9-5-8-16(19(20)25)22-13-15(7-4-2)11-18(22)24/h14-16H,3-13H2,1-2H3,(H2,20,25). The van der Waals surface area contributed by atoms with E-state index in [0.717, 1.165) is 32.2 Å². The SMILES string of the molecule is CCCC1CC(=O)N(CCCC(C(N)=O)N2CC(CCC)CC2=O)C1. The lowest BCUT2D eigenvalue weighted by Gasteiger charge is -2.26. The number of hydrogen-bond acceptors (Lipinski definition) is 3. The first kappa shape index (κ1) is 19.7. The second-order valence-corrected chi connectivity index (χ2v) is 7.66. The first-order valence-electron chi connectivity index (χ1n) is 9.82. The fourth-order valence-corrected chi connectivity index (χ4v) is 4.31. The number of amides is 3. The van der Waals surface area contributed by atoms with Crippen LogP contribution in [0.1, 0.15) is 65.2 Å².